The maximum Gasteiger partial charge on any atom is 0.311 e. The Morgan fingerprint density at radius 2 is 1.72 bits per heavy atom. The lowest BCUT2D eigenvalue weighted by molar-refractivity contribution is -0.115. The fourth-order valence-electron chi connectivity index (χ4n) is 4.03. The van der Waals surface area contributed by atoms with Crippen LogP contribution in [-0.4, -0.2) is 35.6 Å². The zero-order chi connectivity index (χ0) is 27.8. The van der Waals surface area contributed by atoms with Gasteiger partial charge in [-0.3, -0.25) is 9.59 Å². The number of carbonyl (C=O) groups excluding carboxylic acids is 2. The molecule has 0 bridgehead atoms. The van der Waals surface area contributed by atoms with Crippen LogP contribution < -0.4 is 10.2 Å². The first-order chi connectivity index (χ1) is 18.9. The van der Waals surface area contributed by atoms with E-state index in [-0.39, 0.29) is 17.3 Å². The number of aromatic hydroxyl groups is 1. The summed E-state index contributed by atoms with van der Waals surface area (Å²) in [4.78, 5) is 28.1. The van der Waals surface area contributed by atoms with Crippen LogP contribution in [0.3, 0.4) is 0 Å². The van der Waals surface area contributed by atoms with E-state index in [4.69, 9.17) is 5.26 Å². The van der Waals surface area contributed by atoms with Gasteiger partial charge in [0.05, 0.1) is 11.6 Å². The topological polar surface area (TPSA) is 123 Å². The van der Waals surface area contributed by atoms with Crippen molar-refractivity contribution in [1.82, 2.24) is 9.88 Å². The molecule has 0 unspecified atom stereocenters. The first kappa shape index (κ1) is 26.8. The van der Waals surface area contributed by atoms with Crippen molar-refractivity contribution in [1.29, 1.82) is 5.26 Å². The van der Waals surface area contributed by atoms with Crippen LogP contribution in [-0.2, 0) is 11.3 Å². The van der Waals surface area contributed by atoms with E-state index >= 15 is 0 Å². The highest BCUT2D eigenvalue weighted by molar-refractivity contribution is 6.05. The number of hydrogen-bond donors (Lipinski definition) is 2. The molecule has 0 aliphatic carbocycles. The third-order valence-electron chi connectivity index (χ3n) is 6.06. The zero-order valence-electron chi connectivity index (χ0n) is 21.7. The van der Waals surface area contributed by atoms with Crippen LogP contribution in [0, 0.1) is 11.3 Å². The summed E-state index contributed by atoms with van der Waals surface area (Å²) in [5, 5.41) is 31.0. The van der Waals surface area contributed by atoms with Gasteiger partial charge in [-0.2, -0.15) is 5.26 Å². The van der Waals surface area contributed by atoms with E-state index in [1.165, 1.54) is 6.08 Å². The van der Waals surface area contributed by atoms with Gasteiger partial charge in [0, 0.05) is 43.7 Å². The zero-order valence-corrected chi connectivity index (χ0v) is 21.7. The Labute approximate surface area is 226 Å². The summed E-state index contributed by atoms with van der Waals surface area (Å²) in [5.41, 5.74) is 2.83. The smallest absolute Gasteiger partial charge is 0.311 e. The third-order valence-corrected chi connectivity index (χ3v) is 6.06. The maximum atomic E-state index is 13.3. The second-order valence-corrected chi connectivity index (χ2v) is 8.97. The highest BCUT2D eigenvalue weighted by Crippen LogP contribution is 2.39. The molecular weight excluding hydrogens is 492 g/mol. The van der Waals surface area contributed by atoms with Crippen molar-refractivity contribution in [3.05, 3.63) is 95.7 Å². The van der Waals surface area contributed by atoms with Gasteiger partial charge in [0.15, 0.2) is 5.69 Å². The van der Waals surface area contributed by atoms with E-state index in [2.05, 4.69) is 21.6 Å². The molecule has 4 aromatic rings. The molecule has 0 spiro atoms. The largest absolute Gasteiger partial charge is 0.493 e. The average Bonchev–Trinajstić information content (AvgIpc) is 3.22. The van der Waals surface area contributed by atoms with Crippen LogP contribution in [0.4, 0.5) is 11.4 Å². The van der Waals surface area contributed by atoms with Crippen molar-refractivity contribution >= 4 is 40.2 Å². The number of azo groups is 1. The Morgan fingerprint density at radius 1 is 1.03 bits per heavy atom. The summed E-state index contributed by atoms with van der Waals surface area (Å²) in [5.74, 6) is -1.40. The predicted octanol–water partition coefficient (Wildman–Crippen LogP) is 5.80. The van der Waals surface area contributed by atoms with Gasteiger partial charge in [0.25, 0.3) is 5.91 Å². The minimum absolute atomic E-state index is 0.0672. The number of fused-ring (bicyclic) bond motifs is 1. The molecule has 3 aromatic carbocycles. The number of nitriles is 1. The van der Waals surface area contributed by atoms with Crippen molar-refractivity contribution in [2.45, 2.75) is 19.4 Å². The monoisotopic (exact) mass is 520 g/mol. The molecule has 9 heteroatoms. The molecule has 0 aliphatic heterocycles. The second-order valence-electron chi connectivity index (χ2n) is 8.97. The first-order valence-corrected chi connectivity index (χ1v) is 12.4. The number of unbranched alkanes of at least 4 members (excludes halogenated alkanes) is 1. The molecular formula is C30H28N6O3. The molecule has 1 aromatic heterocycles. The summed E-state index contributed by atoms with van der Waals surface area (Å²) in [6, 6.07) is 25.3. The number of benzene rings is 3. The summed E-state index contributed by atoms with van der Waals surface area (Å²) >= 11 is 0. The Morgan fingerprint density at radius 3 is 2.41 bits per heavy atom. The number of para-hydroxylation sites is 1. The number of amides is 2. The summed E-state index contributed by atoms with van der Waals surface area (Å²) in [6.45, 7) is 0.407. The van der Waals surface area contributed by atoms with E-state index in [9.17, 15) is 14.7 Å². The van der Waals surface area contributed by atoms with Gasteiger partial charge in [-0.25, -0.2) is 0 Å². The van der Waals surface area contributed by atoms with Crippen molar-refractivity contribution in [3.63, 3.8) is 0 Å². The highest BCUT2D eigenvalue weighted by Gasteiger charge is 2.18. The molecule has 0 aliphatic rings. The number of nitrogens with one attached hydrogen (secondary N) is 1. The molecule has 2 N–H and O–H groups in total. The van der Waals surface area contributed by atoms with E-state index in [1.807, 2.05) is 55.4 Å². The molecule has 0 radical (unpaired) electrons. The lowest BCUT2D eigenvalue weighted by atomic mass is 10.1. The quantitative estimate of drug-likeness (QED) is 0.164. The Bertz CT molecular complexity index is 1580. The molecule has 1 heterocycles. The van der Waals surface area contributed by atoms with Gasteiger partial charge < -0.3 is 19.9 Å². The molecule has 0 fully saturated rings. The number of aryl methyl sites for hydroxylation is 1. The van der Waals surface area contributed by atoms with Gasteiger partial charge in [-0.1, -0.05) is 48.5 Å². The fraction of sp³-hybridized carbons (Fsp3) is 0.167. The Balaban J connectivity index is 1.68. The number of aromatic nitrogens is 1. The molecule has 196 valence electrons. The lowest BCUT2D eigenvalue weighted by Crippen LogP contribution is -2.26. The Hall–Kier alpha value is -5.23. The molecule has 0 atom stereocenters. The lowest BCUT2D eigenvalue weighted by Gasteiger charge is -2.12. The number of anilines is 1. The van der Waals surface area contributed by atoms with Crippen molar-refractivity contribution in [2.24, 2.45) is 10.2 Å². The van der Waals surface area contributed by atoms with Crippen molar-refractivity contribution in [2.75, 3.05) is 19.0 Å². The highest BCUT2D eigenvalue weighted by atomic mass is 16.3. The minimum atomic E-state index is -0.781. The normalized spacial score (nSPS) is 11.5. The summed E-state index contributed by atoms with van der Waals surface area (Å²) in [6.07, 6.45) is 2.42. The first-order valence-electron chi connectivity index (χ1n) is 12.4. The number of rotatable bonds is 9. The third kappa shape index (κ3) is 6.37. The fourth-order valence-corrected chi connectivity index (χ4v) is 4.03. The molecule has 2 amide bonds. The van der Waals surface area contributed by atoms with E-state index in [0.29, 0.717) is 41.4 Å². The molecule has 9 nitrogen and oxygen atoms in total. The van der Waals surface area contributed by atoms with Gasteiger partial charge >= 0.3 is 5.91 Å². The predicted molar refractivity (Wildman–Crippen MR) is 151 cm³/mol. The van der Waals surface area contributed by atoms with E-state index in [1.54, 1.807) is 47.0 Å². The van der Waals surface area contributed by atoms with Crippen molar-refractivity contribution in [3.8, 4) is 11.9 Å². The summed E-state index contributed by atoms with van der Waals surface area (Å²) < 4.78 is 1.64. The van der Waals surface area contributed by atoms with Crippen LogP contribution in [0.1, 0.15) is 28.8 Å². The Kier molecular flexibility index (Phi) is 8.49. The molecule has 4 rings (SSSR count). The number of nitrogens with zero attached hydrogens (tertiary/aromatic N) is 5. The van der Waals surface area contributed by atoms with E-state index < -0.39 is 11.8 Å². The van der Waals surface area contributed by atoms with Gasteiger partial charge in [0.1, 0.15) is 5.70 Å². The van der Waals surface area contributed by atoms with Crippen LogP contribution >= 0.6 is 0 Å². The number of carbonyl (C=O) groups is 2. The SMILES string of the molecule is CN(C)c1ccc(/C=C(\NC(=O)c2ccccc2)C(=O)N=Nc2c(O)n(CCCC#N)c3ccccc23)cc1. The second kappa shape index (κ2) is 12.3. The maximum absolute atomic E-state index is 13.3. The number of hydrogen-bond acceptors (Lipinski definition) is 6. The van der Waals surface area contributed by atoms with Gasteiger partial charge in [0.2, 0.25) is 5.88 Å². The van der Waals surface area contributed by atoms with Crippen LogP contribution in [0.25, 0.3) is 17.0 Å². The molecule has 0 saturated carbocycles. The van der Waals surface area contributed by atoms with E-state index in [0.717, 1.165) is 5.69 Å². The molecule has 0 saturated heterocycles. The van der Waals surface area contributed by atoms with Crippen LogP contribution in [0.2, 0.25) is 0 Å². The molecule has 39 heavy (non-hydrogen) atoms. The van der Waals surface area contributed by atoms with Crippen LogP contribution in [0.15, 0.2) is 94.8 Å². The van der Waals surface area contributed by atoms with Crippen LogP contribution in [0.5, 0.6) is 5.88 Å². The van der Waals surface area contributed by atoms with Gasteiger partial charge in [-0.15, -0.1) is 10.2 Å². The average molecular weight is 521 g/mol. The van der Waals surface area contributed by atoms with Crippen molar-refractivity contribution < 1.29 is 14.7 Å². The summed E-state index contributed by atoms with van der Waals surface area (Å²) in [7, 11) is 3.85. The minimum Gasteiger partial charge on any atom is -0.493 e. The standard InChI is InChI=1S/C30H28N6O3/c1-35(2)23-16-14-21(15-17-23)20-25(32-28(37)22-10-4-3-5-11-22)29(38)34-33-27-24-12-6-7-13-26(24)36(30(27)39)19-9-8-18-31/h3-7,10-17,20,39H,8-9,19H2,1-2H3,(H,32,37)/b25-20-,34-33?. The van der Waals surface area contributed by atoms with Gasteiger partial charge in [-0.05, 0) is 48.4 Å².